The Hall–Kier alpha value is -1.31. The van der Waals surface area contributed by atoms with E-state index in [0.29, 0.717) is 10.1 Å². The van der Waals surface area contributed by atoms with Crippen LogP contribution in [0.1, 0.15) is 24.8 Å². The maximum Gasteiger partial charge on any atom is 0.0826 e. The summed E-state index contributed by atoms with van der Waals surface area (Å²) >= 11 is 4.65. The first-order valence-electron chi connectivity index (χ1n) is 9.99. The van der Waals surface area contributed by atoms with Crippen LogP contribution in [0.15, 0.2) is 65.8 Å². The summed E-state index contributed by atoms with van der Waals surface area (Å²) in [6, 6.07) is 18.2. The third-order valence-electron chi connectivity index (χ3n) is 5.57. The lowest BCUT2D eigenvalue weighted by Gasteiger charge is -2.25. The zero-order valence-corrected chi connectivity index (χ0v) is 18.7. The van der Waals surface area contributed by atoms with Crippen molar-refractivity contribution in [2.45, 2.75) is 46.0 Å². The zero-order chi connectivity index (χ0) is 18.9. The first kappa shape index (κ1) is 18.7. The molecule has 0 bridgehead atoms. The summed E-state index contributed by atoms with van der Waals surface area (Å²) in [5.41, 5.74) is 2.63. The predicted octanol–water partition coefficient (Wildman–Crippen LogP) is 5.94. The molecule has 2 unspecified atom stereocenters. The molecule has 2 atom stereocenters. The third kappa shape index (κ3) is 4.16. The molecule has 5 rings (SSSR count). The highest BCUT2D eigenvalue weighted by molar-refractivity contribution is 14.1. The van der Waals surface area contributed by atoms with Gasteiger partial charge in [-0.3, -0.25) is 9.88 Å². The average molecular weight is 501 g/mol. The van der Waals surface area contributed by atoms with E-state index in [0.717, 1.165) is 18.3 Å². The number of alkyl halides is 1. The van der Waals surface area contributed by atoms with Gasteiger partial charge in [0.05, 0.1) is 10.1 Å². The highest BCUT2D eigenvalue weighted by Gasteiger charge is 2.32. The van der Waals surface area contributed by atoms with E-state index >= 15 is 0 Å². The Kier molecular flexibility index (Phi) is 5.48. The van der Waals surface area contributed by atoms with Crippen LogP contribution in [-0.4, -0.2) is 31.8 Å². The number of thioether (sulfide) groups is 1. The van der Waals surface area contributed by atoms with Gasteiger partial charge in [-0.25, -0.2) is 0 Å². The number of hydrogen-bond donors (Lipinski definition) is 1. The molecule has 1 aromatic heterocycles. The lowest BCUT2D eigenvalue weighted by Crippen LogP contribution is -2.33. The van der Waals surface area contributed by atoms with Gasteiger partial charge in [0.25, 0.3) is 0 Å². The molecule has 3 nitrogen and oxygen atoms in total. The van der Waals surface area contributed by atoms with Crippen LogP contribution < -0.4 is 5.32 Å². The van der Waals surface area contributed by atoms with E-state index in [1.165, 1.54) is 46.2 Å². The van der Waals surface area contributed by atoms with Crippen molar-refractivity contribution in [3.8, 4) is 0 Å². The summed E-state index contributed by atoms with van der Waals surface area (Å²) in [5.74, 6) is 0. The van der Waals surface area contributed by atoms with Gasteiger partial charge in [0.15, 0.2) is 0 Å². The van der Waals surface area contributed by atoms with Crippen molar-refractivity contribution in [3.63, 3.8) is 0 Å². The summed E-state index contributed by atoms with van der Waals surface area (Å²) in [5, 5.41) is 7.13. The topological polar surface area (TPSA) is 28.2 Å². The van der Waals surface area contributed by atoms with Gasteiger partial charge in [-0.2, -0.15) is 0 Å². The first-order valence-corrected chi connectivity index (χ1v) is 12.1. The quantitative estimate of drug-likeness (QED) is 0.257. The number of rotatable bonds is 6. The first-order chi connectivity index (χ1) is 13.8. The van der Waals surface area contributed by atoms with E-state index in [4.69, 9.17) is 0 Å². The number of nitrogens with zero attached hydrogens (tertiary/aromatic N) is 2. The lowest BCUT2D eigenvalue weighted by atomic mass is 10.1. The van der Waals surface area contributed by atoms with Gasteiger partial charge in [0.2, 0.25) is 0 Å². The SMILES string of the molecule is IC1C(Nc2cccc3cnccc23)CCN1Cc1ccc(SC2CC2)cc1. The number of aromatic nitrogens is 1. The molecule has 0 radical (unpaired) electrons. The fourth-order valence-electron chi connectivity index (χ4n) is 3.86. The Balaban J connectivity index is 1.24. The van der Waals surface area contributed by atoms with Gasteiger partial charge < -0.3 is 5.32 Å². The highest BCUT2D eigenvalue weighted by atomic mass is 127. The average Bonchev–Trinajstić information content (AvgIpc) is 3.48. The van der Waals surface area contributed by atoms with Crippen LogP contribution in [-0.2, 0) is 6.54 Å². The number of pyridine rings is 1. The minimum atomic E-state index is 0.462. The third-order valence-corrected chi connectivity index (χ3v) is 8.57. The maximum atomic E-state index is 4.25. The Morgan fingerprint density at radius 1 is 1.07 bits per heavy atom. The molecule has 3 aromatic rings. The minimum Gasteiger partial charge on any atom is -0.379 e. The van der Waals surface area contributed by atoms with Crippen LogP contribution in [0.5, 0.6) is 0 Å². The van der Waals surface area contributed by atoms with Crippen LogP contribution >= 0.6 is 34.4 Å². The number of halogens is 1. The second kappa shape index (κ2) is 8.20. The van der Waals surface area contributed by atoms with Crippen molar-refractivity contribution in [2.75, 3.05) is 11.9 Å². The number of hydrogen-bond acceptors (Lipinski definition) is 4. The standard InChI is InChI=1S/C23H24IN3S/c24-23-22(26-21-3-1-2-17-14-25-12-10-20(17)21)11-13-27(23)15-16-4-6-18(7-5-16)28-19-8-9-19/h1-7,10,12,14,19,22-23,26H,8-9,11,13,15H2. The molecule has 2 heterocycles. The molecule has 144 valence electrons. The summed E-state index contributed by atoms with van der Waals surface area (Å²) < 4.78 is 0.482. The number of fused-ring (bicyclic) bond motifs is 1. The van der Waals surface area contributed by atoms with Gasteiger partial charge in [-0.1, -0.05) is 46.9 Å². The summed E-state index contributed by atoms with van der Waals surface area (Å²) in [4.78, 5) is 8.26. The molecule has 2 aliphatic rings. The Labute approximate surface area is 184 Å². The molecule has 1 N–H and O–H groups in total. The van der Waals surface area contributed by atoms with E-state index in [1.807, 2.05) is 24.2 Å². The molecule has 2 fully saturated rings. The lowest BCUT2D eigenvalue weighted by molar-refractivity contribution is 0.316. The van der Waals surface area contributed by atoms with Crippen molar-refractivity contribution in [1.29, 1.82) is 0 Å². The molecule has 28 heavy (non-hydrogen) atoms. The Bertz CT molecular complexity index is 952. The van der Waals surface area contributed by atoms with Gasteiger partial charge >= 0.3 is 0 Å². The number of likely N-dealkylation sites (tertiary alicyclic amines) is 1. The van der Waals surface area contributed by atoms with E-state index in [9.17, 15) is 0 Å². The maximum absolute atomic E-state index is 4.25. The highest BCUT2D eigenvalue weighted by Crippen LogP contribution is 2.39. The van der Waals surface area contributed by atoms with Gasteiger partial charge in [-0.15, -0.1) is 11.8 Å². The summed E-state index contributed by atoms with van der Waals surface area (Å²) in [7, 11) is 0. The van der Waals surface area contributed by atoms with Crippen molar-refractivity contribution in [2.24, 2.45) is 0 Å². The molecule has 1 saturated carbocycles. The minimum absolute atomic E-state index is 0.462. The van der Waals surface area contributed by atoms with Gasteiger partial charge in [0.1, 0.15) is 0 Å². The Morgan fingerprint density at radius 2 is 1.93 bits per heavy atom. The van der Waals surface area contributed by atoms with Crippen molar-refractivity contribution in [3.05, 3.63) is 66.5 Å². The normalized spacial score (nSPS) is 22.6. The number of nitrogens with one attached hydrogen (secondary N) is 1. The zero-order valence-electron chi connectivity index (χ0n) is 15.7. The molecule has 1 aliphatic carbocycles. The van der Waals surface area contributed by atoms with Crippen LogP contribution in [0.3, 0.4) is 0 Å². The van der Waals surface area contributed by atoms with Gasteiger partial charge in [-0.05, 0) is 49.1 Å². The van der Waals surface area contributed by atoms with Crippen molar-refractivity contribution < 1.29 is 0 Å². The second-order valence-corrected chi connectivity index (χ2v) is 10.4. The number of benzene rings is 2. The van der Waals surface area contributed by atoms with Crippen molar-refractivity contribution >= 4 is 50.8 Å². The molecule has 5 heteroatoms. The summed E-state index contributed by atoms with van der Waals surface area (Å²) in [6.07, 6.45) is 7.76. The smallest absolute Gasteiger partial charge is 0.0826 e. The fraction of sp³-hybridized carbons (Fsp3) is 0.348. The predicted molar refractivity (Wildman–Crippen MR) is 127 cm³/mol. The number of anilines is 1. The largest absolute Gasteiger partial charge is 0.379 e. The molecule has 1 saturated heterocycles. The van der Waals surface area contributed by atoms with Crippen LogP contribution in [0.4, 0.5) is 5.69 Å². The molecular weight excluding hydrogens is 477 g/mol. The monoisotopic (exact) mass is 501 g/mol. The molecule has 1 aliphatic heterocycles. The van der Waals surface area contributed by atoms with E-state index in [1.54, 1.807) is 0 Å². The van der Waals surface area contributed by atoms with E-state index in [-0.39, 0.29) is 0 Å². The molecule has 0 spiro atoms. The van der Waals surface area contributed by atoms with Crippen LogP contribution in [0.2, 0.25) is 0 Å². The van der Waals surface area contributed by atoms with Crippen LogP contribution in [0, 0.1) is 0 Å². The molecular formula is C23H24IN3S. The van der Waals surface area contributed by atoms with E-state index < -0.39 is 0 Å². The fourth-order valence-corrected chi connectivity index (χ4v) is 5.93. The molecule has 2 aromatic carbocycles. The van der Waals surface area contributed by atoms with Crippen molar-refractivity contribution in [1.82, 2.24) is 9.88 Å². The van der Waals surface area contributed by atoms with Crippen LogP contribution in [0.25, 0.3) is 10.8 Å². The van der Waals surface area contributed by atoms with Gasteiger partial charge in [0, 0.05) is 52.1 Å². The molecule has 0 amide bonds. The summed E-state index contributed by atoms with van der Waals surface area (Å²) in [6.45, 7) is 2.16. The Morgan fingerprint density at radius 3 is 2.75 bits per heavy atom. The van der Waals surface area contributed by atoms with E-state index in [2.05, 4.69) is 86.3 Å². The second-order valence-electron chi connectivity index (χ2n) is 7.75.